The predicted octanol–water partition coefficient (Wildman–Crippen LogP) is 1.58. The summed E-state index contributed by atoms with van der Waals surface area (Å²) in [7, 11) is 0. The van der Waals surface area contributed by atoms with Crippen LogP contribution in [0.4, 0.5) is 11.5 Å². The number of hydrogen-bond donors (Lipinski definition) is 2. The third-order valence-electron chi connectivity index (χ3n) is 1.87. The molecule has 0 atom stereocenters. The van der Waals surface area contributed by atoms with E-state index in [9.17, 15) is 0 Å². The standard InChI is InChI=1S/C8H12N4S/c1-5-7-8(11-6(2)10-5)9-3-4-13-12-7/h12H,3-4H2,1-2H3,(H,9,10,11). The number of aryl methyl sites for hydroxylation is 2. The molecule has 0 aliphatic carbocycles. The molecule has 2 rings (SSSR count). The summed E-state index contributed by atoms with van der Waals surface area (Å²) in [5.41, 5.74) is 2.03. The van der Waals surface area contributed by atoms with Crippen LogP contribution in [0.15, 0.2) is 0 Å². The van der Waals surface area contributed by atoms with Crippen LogP contribution in [0.3, 0.4) is 0 Å². The average Bonchev–Trinajstić information content (AvgIpc) is 2.28. The number of hydrogen-bond acceptors (Lipinski definition) is 5. The molecule has 4 nitrogen and oxygen atoms in total. The molecule has 0 radical (unpaired) electrons. The lowest BCUT2D eigenvalue weighted by Gasteiger charge is -2.09. The summed E-state index contributed by atoms with van der Waals surface area (Å²) in [5, 5.41) is 3.27. The summed E-state index contributed by atoms with van der Waals surface area (Å²) in [6.07, 6.45) is 0. The first-order valence-corrected chi connectivity index (χ1v) is 5.23. The maximum absolute atomic E-state index is 4.34. The zero-order valence-electron chi connectivity index (χ0n) is 7.72. The predicted molar refractivity (Wildman–Crippen MR) is 56.1 cm³/mol. The second-order valence-electron chi connectivity index (χ2n) is 2.96. The van der Waals surface area contributed by atoms with Gasteiger partial charge in [0.05, 0.1) is 5.69 Å². The number of aromatic nitrogens is 2. The van der Waals surface area contributed by atoms with Crippen LogP contribution in [0.2, 0.25) is 0 Å². The summed E-state index contributed by atoms with van der Waals surface area (Å²) in [6.45, 7) is 4.85. The lowest BCUT2D eigenvalue weighted by Crippen LogP contribution is -2.05. The molecule has 1 aromatic heterocycles. The molecule has 13 heavy (non-hydrogen) atoms. The molecule has 70 valence electrons. The zero-order valence-corrected chi connectivity index (χ0v) is 8.53. The largest absolute Gasteiger partial charge is 0.367 e. The summed E-state index contributed by atoms with van der Waals surface area (Å²) >= 11 is 1.69. The lowest BCUT2D eigenvalue weighted by molar-refractivity contribution is 1.01. The van der Waals surface area contributed by atoms with Crippen molar-refractivity contribution in [2.24, 2.45) is 0 Å². The molecule has 0 unspecified atom stereocenters. The highest BCUT2D eigenvalue weighted by molar-refractivity contribution is 8.00. The van der Waals surface area contributed by atoms with E-state index >= 15 is 0 Å². The highest BCUT2D eigenvalue weighted by Crippen LogP contribution is 2.27. The molecule has 0 aromatic carbocycles. The molecule has 0 fully saturated rings. The Kier molecular flexibility index (Phi) is 2.26. The Hall–Kier alpha value is -0.970. The molecule has 1 aliphatic rings. The highest BCUT2D eigenvalue weighted by Gasteiger charge is 2.12. The highest BCUT2D eigenvalue weighted by atomic mass is 32.2. The first kappa shape index (κ1) is 8.62. The molecule has 1 aliphatic heterocycles. The maximum Gasteiger partial charge on any atom is 0.154 e. The van der Waals surface area contributed by atoms with Crippen molar-refractivity contribution in [3.05, 3.63) is 11.5 Å². The second-order valence-corrected chi connectivity index (χ2v) is 3.86. The Morgan fingerprint density at radius 3 is 3.00 bits per heavy atom. The molecular weight excluding hydrogens is 184 g/mol. The van der Waals surface area contributed by atoms with E-state index in [1.807, 2.05) is 13.8 Å². The fraction of sp³-hybridized carbons (Fsp3) is 0.500. The normalized spacial score (nSPS) is 15.2. The molecule has 0 saturated carbocycles. The van der Waals surface area contributed by atoms with Crippen molar-refractivity contribution in [1.29, 1.82) is 0 Å². The van der Waals surface area contributed by atoms with Gasteiger partial charge in [-0.2, -0.15) is 0 Å². The van der Waals surface area contributed by atoms with E-state index in [0.717, 1.165) is 35.3 Å². The van der Waals surface area contributed by atoms with Gasteiger partial charge in [0, 0.05) is 12.3 Å². The summed E-state index contributed by atoms with van der Waals surface area (Å²) in [6, 6.07) is 0. The third kappa shape index (κ3) is 1.70. The van der Waals surface area contributed by atoms with Crippen LogP contribution in [0.25, 0.3) is 0 Å². The summed E-state index contributed by atoms with van der Waals surface area (Å²) in [5.74, 6) is 2.78. The Bertz CT molecular complexity index is 326. The van der Waals surface area contributed by atoms with Gasteiger partial charge < -0.3 is 10.0 Å². The quantitative estimate of drug-likeness (QED) is 0.617. The van der Waals surface area contributed by atoms with Crippen LogP contribution in [-0.2, 0) is 0 Å². The number of nitrogens with one attached hydrogen (secondary N) is 2. The monoisotopic (exact) mass is 196 g/mol. The smallest absolute Gasteiger partial charge is 0.154 e. The van der Waals surface area contributed by atoms with Gasteiger partial charge in [0.2, 0.25) is 0 Å². The number of nitrogens with zero attached hydrogens (tertiary/aromatic N) is 2. The molecule has 5 heteroatoms. The van der Waals surface area contributed by atoms with Gasteiger partial charge in [-0.15, -0.1) is 0 Å². The molecular formula is C8H12N4S. The van der Waals surface area contributed by atoms with Crippen molar-refractivity contribution in [3.63, 3.8) is 0 Å². The van der Waals surface area contributed by atoms with Crippen molar-refractivity contribution in [3.8, 4) is 0 Å². The molecule has 0 amide bonds. The molecule has 2 N–H and O–H groups in total. The van der Waals surface area contributed by atoms with Gasteiger partial charge in [0.25, 0.3) is 0 Å². The van der Waals surface area contributed by atoms with Crippen LogP contribution in [0, 0.1) is 13.8 Å². The van der Waals surface area contributed by atoms with Gasteiger partial charge in [-0.3, -0.25) is 0 Å². The van der Waals surface area contributed by atoms with Gasteiger partial charge in [0.15, 0.2) is 5.82 Å². The Balaban J connectivity index is 2.47. The first-order valence-electron chi connectivity index (χ1n) is 4.24. The number of fused-ring (bicyclic) bond motifs is 1. The Morgan fingerprint density at radius 2 is 2.15 bits per heavy atom. The van der Waals surface area contributed by atoms with Gasteiger partial charge in [-0.05, 0) is 13.8 Å². The molecule has 0 spiro atoms. The Labute approximate surface area is 81.7 Å². The average molecular weight is 196 g/mol. The van der Waals surface area contributed by atoms with Crippen LogP contribution in [-0.4, -0.2) is 22.3 Å². The molecule has 1 aromatic rings. The minimum absolute atomic E-state index is 0.817. The van der Waals surface area contributed by atoms with E-state index in [1.54, 1.807) is 11.9 Å². The van der Waals surface area contributed by atoms with Crippen molar-refractivity contribution in [2.45, 2.75) is 13.8 Å². The van der Waals surface area contributed by atoms with Crippen LogP contribution in [0.5, 0.6) is 0 Å². The first-order chi connectivity index (χ1) is 6.27. The van der Waals surface area contributed by atoms with Gasteiger partial charge in [0.1, 0.15) is 11.5 Å². The fourth-order valence-corrected chi connectivity index (χ4v) is 2.00. The van der Waals surface area contributed by atoms with E-state index in [4.69, 9.17) is 0 Å². The number of rotatable bonds is 0. The van der Waals surface area contributed by atoms with Crippen LogP contribution >= 0.6 is 11.9 Å². The van der Waals surface area contributed by atoms with Crippen LogP contribution < -0.4 is 10.0 Å². The van der Waals surface area contributed by atoms with Crippen molar-refractivity contribution in [1.82, 2.24) is 9.97 Å². The topological polar surface area (TPSA) is 49.8 Å². The van der Waals surface area contributed by atoms with E-state index in [0.29, 0.717) is 0 Å². The van der Waals surface area contributed by atoms with E-state index in [1.165, 1.54) is 0 Å². The van der Waals surface area contributed by atoms with Gasteiger partial charge >= 0.3 is 0 Å². The van der Waals surface area contributed by atoms with E-state index in [2.05, 4.69) is 20.0 Å². The van der Waals surface area contributed by atoms with Crippen LogP contribution in [0.1, 0.15) is 11.5 Å². The summed E-state index contributed by atoms with van der Waals surface area (Å²) < 4.78 is 3.25. The van der Waals surface area contributed by atoms with E-state index < -0.39 is 0 Å². The third-order valence-corrected chi connectivity index (χ3v) is 2.63. The molecule has 0 bridgehead atoms. The fourth-order valence-electron chi connectivity index (χ4n) is 1.31. The number of anilines is 2. The molecule has 2 heterocycles. The van der Waals surface area contributed by atoms with Gasteiger partial charge in [-0.25, -0.2) is 9.97 Å². The maximum atomic E-state index is 4.34. The minimum atomic E-state index is 0.817. The lowest BCUT2D eigenvalue weighted by atomic mass is 10.3. The van der Waals surface area contributed by atoms with Crippen molar-refractivity contribution in [2.75, 3.05) is 22.3 Å². The Morgan fingerprint density at radius 1 is 1.31 bits per heavy atom. The second kappa shape index (κ2) is 3.41. The summed E-state index contributed by atoms with van der Waals surface area (Å²) in [4.78, 5) is 8.64. The van der Waals surface area contributed by atoms with Gasteiger partial charge in [-0.1, -0.05) is 11.9 Å². The molecule has 0 saturated heterocycles. The van der Waals surface area contributed by atoms with E-state index in [-0.39, 0.29) is 0 Å². The zero-order chi connectivity index (χ0) is 9.26. The SMILES string of the molecule is Cc1nc(C)c2c(n1)NCCSN2. The van der Waals surface area contributed by atoms with Crippen molar-refractivity contribution >= 4 is 23.5 Å². The van der Waals surface area contributed by atoms with Crippen molar-refractivity contribution < 1.29 is 0 Å². The minimum Gasteiger partial charge on any atom is -0.367 e.